The van der Waals surface area contributed by atoms with Gasteiger partial charge in [-0.1, -0.05) is 28.1 Å². The Labute approximate surface area is 243 Å². The van der Waals surface area contributed by atoms with Gasteiger partial charge in [0.1, 0.15) is 17.1 Å². The van der Waals surface area contributed by atoms with Crippen molar-refractivity contribution < 1.29 is 37.3 Å². The number of methoxy groups -OCH3 is 1. The molecule has 1 aliphatic heterocycles. The van der Waals surface area contributed by atoms with Crippen molar-refractivity contribution in [2.45, 2.75) is 39.0 Å². The number of carboxylic acids is 1. The van der Waals surface area contributed by atoms with Crippen LogP contribution in [0.15, 0.2) is 59.1 Å². The number of rotatable bonds is 9. The number of benzene rings is 3. The molecule has 41 heavy (non-hydrogen) atoms. The number of carbonyl (C=O) groups excluding carboxylic acids is 1. The predicted molar refractivity (Wildman–Crippen MR) is 152 cm³/mol. The van der Waals surface area contributed by atoms with E-state index in [1.54, 1.807) is 5.01 Å². The topological polar surface area (TPSA) is 91.3 Å². The summed E-state index contributed by atoms with van der Waals surface area (Å²) in [6, 6.07) is 13.9. The minimum absolute atomic E-state index is 0.0580. The molecular weight excluding hydrogens is 607 g/mol. The highest BCUT2D eigenvalue weighted by Gasteiger charge is 2.31. The summed E-state index contributed by atoms with van der Waals surface area (Å²) >= 11 is 3.35. The normalized spacial score (nSPS) is 13.5. The van der Waals surface area contributed by atoms with E-state index in [0.717, 1.165) is 43.6 Å². The van der Waals surface area contributed by atoms with Crippen molar-refractivity contribution in [2.24, 2.45) is 0 Å². The number of para-hydroxylation sites is 1. The Balaban J connectivity index is 1.71. The second kappa shape index (κ2) is 12.7. The van der Waals surface area contributed by atoms with Crippen LogP contribution in [0.4, 0.5) is 30.2 Å². The third kappa shape index (κ3) is 7.43. The van der Waals surface area contributed by atoms with Crippen molar-refractivity contribution in [3.63, 3.8) is 0 Å². The van der Waals surface area contributed by atoms with Crippen LogP contribution in [0.25, 0.3) is 0 Å². The Kier molecular flexibility index (Phi) is 9.31. The first-order valence-corrected chi connectivity index (χ1v) is 13.7. The van der Waals surface area contributed by atoms with Crippen LogP contribution < -0.4 is 24.8 Å². The molecule has 12 heteroatoms. The summed E-state index contributed by atoms with van der Waals surface area (Å²) in [6.07, 6.45) is -1.82. The molecule has 1 fully saturated rings. The number of carbonyl (C=O) groups is 2. The fraction of sp³-hybridized carbons (Fsp3) is 0.310. The number of piperidine rings is 1. The number of nitrogens with zero attached hydrogens (tertiary/aromatic N) is 2. The van der Waals surface area contributed by atoms with Crippen LogP contribution in [0.3, 0.4) is 0 Å². The van der Waals surface area contributed by atoms with E-state index in [1.807, 2.05) is 25.1 Å². The molecule has 1 amide bonds. The van der Waals surface area contributed by atoms with E-state index in [9.17, 15) is 27.9 Å². The first-order chi connectivity index (χ1) is 19.5. The summed E-state index contributed by atoms with van der Waals surface area (Å²) in [5.41, 5.74) is 6.17. The van der Waals surface area contributed by atoms with Crippen molar-refractivity contribution in [3.05, 3.63) is 75.8 Å². The molecule has 1 saturated heterocycles. The van der Waals surface area contributed by atoms with E-state index in [0.29, 0.717) is 21.4 Å². The van der Waals surface area contributed by atoms with E-state index in [-0.39, 0.29) is 23.5 Å². The molecule has 8 nitrogen and oxygen atoms in total. The molecule has 0 saturated carbocycles. The fourth-order valence-corrected chi connectivity index (χ4v) is 5.26. The van der Waals surface area contributed by atoms with Gasteiger partial charge in [-0.3, -0.25) is 15.2 Å². The maximum atomic E-state index is 13.5. The van der Waals surface area contributed by atoms with Gasteiger partial charge in [-0.05, 0) is 79.8 Å². The van der Waals surface area contributed by atoms with E-state index < -0.39 is 18.2 Å². The van der Waals surface area contributed by atoms with Gasteiger partial charge in [0.2, 0.25) is 5.91 Å². The quantitative estimate of drug-likeness (QED) is 0.251. The monoisotopic (exact) mass is 635 g/mol. The van der Waals surface area contributed by atoms with Gasteiger partial charge in [0, 0.05) is 17.6 Å². The summed E-state index contributed by atoms with van der Waals surface area (Å²) in [7, 11) is 1.34. The standard InChI is InChI=1S/C29H29BrF3N3O5/c1-18-7-6-8-24(35-13-4-3-5-14-35)27(18)36(20-9-11-21(12-10-20)41-29(31,32)33)34-26(37)16-19-15-25(40-2)22(28(38)39)17-23(19)30/h6-12,15,17H,3-5,13-14,16H2,1-2H3,(H,34,37)(H,38,39). The minimum atomic E-state index is -4.84. The highest BCUT2D eigenvalue weighted by molar-refractivity contribution is 9.10. The van der Waals surface area contributed by atoms with E-state index in [1.165, 1.54) is 43.5 Å². The van der Waals surface area contributed by atoms with Crippen molar-refractivity contribution in [3.8, 4) is 11.5 Å². The van der Waals surface area contributed by atoms with Crippen molar-refractivity contribution in [1.29, 1.82) is 0 Å². The average molecular weight is 636 g/mol. The molecule has 3 aromatic carbocycles. The van der Waals surface area contributed by atoms with Crippen LogP contribution in [0, 0.1) is 6.92 Å². The Morgan fingerprint density at radius 3 is 2.37 bits per heavy atom. The first kappa shape index (κ1) is 30.0. The van der Waals surface area contributed by atoms with Crippen molar-refractivity contribution in [1.82, 2.24) is 5.43 Å². The van der Waals surface area contributed by atoms with E-state index in [4.69, 9.17) is 4.74 Å². The summed E-state index contributed by atoms with van der Waals surface area (Å²) < 4.78 is 48.0. The minimum Gasteiger partial charge on any atom is -0.496 e. The third-order valence-corrected chi connectivity index (χ3v) is 7.39. The zero-order valence-electron chi connectivity index (χ0n) is 22.4. The number of halogens is 4. The SMILES string of the molecule is COc1cc(CC(=O)NN(c2ccc(OC(F)(F)F)cc2)c2c(C)cccc2N2CCCCC2)c(Br)cc1C(=O)O. The Morgan fingerprint density at radius 2 is 1.76 bits per heavy atom. The summed E-state index contributed by atoms with van der Waals surface area (Å²) in [6.45, 7) is 3.56. The number of anilines is 3. The molecule has 0 aromatic heterocycles. The van der Waals surface area contributed by atoms with Crippen LogP contribution in [0.5, 0.6) is 11.5 Å². The Morgan fingerprint density at radius 1 is 1.07 bits per heavy atom. The summed E-state index contributed by atoms with van der Waals surface area (Å²) in [5.74, 6) is -1.90. The number of aromatic carboxylic acids is 1. The Hall–Kier alpha value is -3.93. The van der Waals surface area contributed by atoms with Gasteiger partial charge in [-0.15, -0.1) is 13.2 Å². The average Bonchev–Trinajstić information content (AvgIpc) is 2.93. The third-order valence-electron chi connectivity index (χ3n) is 6.65. The van der Waals surface area contributed by atoms with Gasteiger partial charge in [0.15, 0.2) is 0 Å². The number of aryl methyl sites for hydroxylation is 1. The summed E-state index contributed by atoms with van der Waals surface area (Å²) in [4.78, 5) is 27.3. The number of alkyl halides is 3. The lowest BCUT2D eigenvalue weighted by Crippen LogP contribution is -2.41. The van der Waals surface area contributed by atoms with Crippen LogP contribution in [0.1, 0.15) is 40.7 Å². The number of nitrogens with one attached hydrogen (secondary N) is 1. The lowest BCUT2D eigenvalue weighted by molar-refractivity contribution is -0.274. The first-order valence-electron chi connectivity index (χ1n) is 12.9. The molecule has 4 rings (SSSR count). The van der Waals surface area contributed by atoms with Crippen molar-refractivity contribution >= 4 is 44.9 Å². The number of hydrogen-bond donors (Lipinski definition) is 2. The van der Waals surface area contributed by atoms with E-state index in [2.05, 4.69) is 31.0 Å². The second-order valence-corrected chi connectivity index (χ2v) is 10.4. The molecule has 0 atom stereocenters. The largest absolute Gasteiger partial charge is 0.573 e. The Bertz CT molecular complexity index is 1410. The van der Waals surface area contributed by atoms with Gasteiger partial charge < -0.3 is 19.5 Å². The van der Waals surface area contributed by atoms with E-state index >= 15 is 0 Å². The molecule has 218 valence electrons. The van der Waals surface area contributed by atoms with Gasteiger partial charge in [-0.2, -0.15) is 0 Å². The highest BCUT2D eigenvalue weighted by Crippen LogP contribution is 2.38. The van der Waals surface area contributed by atoms with Crippen LogP contribution in [0.2, 0.25) is 0 Å². The van der Waals surface area contributed by atoms with Gasteiger partial charge in [0.25, 0.3) is 0 Å². The molecule has 1 heterocycles. The summed E-state index contributed by atoms with van der Waals surface area (Å²) in [5, 5.41) is 11.0. The smallest absolute Gasteiger partial charge is 0.496 e. The zero-order chi connectivity index (χ0) is 29.7. The van der Waals surface area contributed by atoms with Crippen LogP contribution >= 0.6 is 15.9 Å². The number of amides is 1. The molecule has 0 unspecified atom stereocenters. The molecule has 1 aliphatic rings. The van der Waals surface area contributed by atoms with Gasteiger partial charge in [0.05, 0.1) is 30.6 Å². The second-order valence-electron chi connectivity index (χ2n) is 9.53. The predicted octanol–water partition coefficient (Wildman–Crippen LogP) is 6.77. The van der Waals surface area contributed by atoms with Crippen molar-refractivity contribution in [2.75, 3.05) is 30.1 Å². The molecule has 0 bridgehead atoms. The maximum Gasteiger partial charge on any atom is 0.573 e. The number of hydrazine groups is 1. The molecule has 2 N–H and O–H groups in total. The highest BCUT2D eigenvalue weighted by atomic mass is 79.9. The number of ether oxygens (including phenoxy) is 2. The molecule has 3 aromatic rings. The molecule has 0 spiro atoms. The van der Waals surface area contributed by atoms with Gasteiger partial charge >= 0.3 is 12.3 Å². The number of hydrogen-bond acceptors (Lipinski definition) is 6. The molecule has 0 aliphatic carbocycles. The lowest BCUT2D eigenvalue weighted by Gasteiger charge is -2.35. The fourth-order valence-electron chi connectivity index (χ4n) is 4.77. The maximum absolute atomic E-state index is 13.5. The molecular formula is C29H29BrF3N3O5. The van der Waals surface area contributed by atoms with Crippen LogP contribution in [-0.2, 0) is 11.2 Å². The van der Waals surface area contributed by atoms with Crippen LogP contribution in [-0.4, -0.2) is 43.5 Å². The zero-order valence-corrected chi connectivity index (χ0v) is 24.0. The number of carboxylic acid groups (broad SMARTS) is 1. The lowest BCUT2D eigenvalue weighted by atomic mass is 10.1. The van der Waals surface area contributed by atoms with Gasteiger partial charge in [-0.25, -0.2) is 4.79 Å². The molecule has 0 radical (unpaired) electrons.